The molecule has 0 unspecified atom stereocenters. The van der Waals surface area contributed by atoms with Gasteiger partial charge in [-0.3, -0.25) is 0 Å². The summed E-state index contributed by atoms with van der Waals surface area (Å²) in [6.45, 7) is 1.88. The van der Waals surface area contributed by atoms with Gasteiger partial charge in [-0.15, -0.1) is 0 Å². The number of aliphatic hydroxyl groups is 2. The number of aliphatic hydroxyl groups excluding tert-OH is 2. The Kier molecular flexibility index (Phi) is 5.25. The zero-order valence-corrected chi connectivity index (χ0v) is 10.2. The van der Waals surface area contributed by atoms with E-state index in [9.17, 15) is 0 Å². The van der Waals surface area contributed by atoms with Crippen LogP contribution in [0, 0.1) is 0 Å². The number of benzene rings is 1. The summed E-state index contributed by atoms with van der Waals surface area (Å²) in [4.78, 5) is 0. The monoisotopic (exact) mass is 273 g/mol. The van der Waals surface area contributed by atoms with Crippen molar-refractivity contribution < 1.29 is 10.2 Å². The first-order valence-corrected chi connectivity index (χ1v) is 5.70. The van der Waals surface area contributed by atoms with E-state index in [-0.39, 0.29) is 25.3 Å². The van der Waals surface area contributed by atoms with Crippen LogP contribution in [0.15, 0.2) is 28.7 Å². The average Bonchev–Trinajstić information content (AvgIpc) is 2.25. The number of rotatable bonds is 5. The molecule has 3 nitrogen and oxygen atoms in total. The van der Waals surface area contributed by atoms with Crippen molar-refractivity contribution in [3.05, 3.63) is 34.3 Å². The number of halogens is 1. The SMILES string of the molecule is C[C@H](NC(CO)CO)c1cccc(Br)c1. The van der Waals surface area contributed by atoms with E-state index >= 15 is 0 Å². The molecule has 0 saturated carbocycles. The molecular formula is C11H16BrNO2. The van der Waals surface area contributed by atoms with Gasteiger partial charge in [0.1, 0.15) is 0 Å². The summed E-state index contributed by atoms with van der Waals surface area (Å²) in [7, 11) is 0. The summed E-state index contributed by atoms with van der Waals surface area (Å²) >= 11 is 3.40. The van der Waals surface area contributed by atoms with E-state index in [1.165, 1.54) is 0 Å². The number of hydrogen-bond donors (Lipinski definition) is 3. The van der Waals surface area contributed by atoms with Crippen LogP contribution in [0.1, 0.15) is 18.5 Å². The molecule has 0 amide bonds. The molecule has 0 aliphatic carbocycles. The van der Waals surface area contributed by atoms with Gasteiger partial charge in [0.2, 0.25) is 0 Å². The summed E-state index contributed by atoms with van der Waals surface area (Å²) in [5.74, 6) is 0. The van der Waals surface area contributed by atoms with Gasteiger partial charge in [-0.1, -0.05) is 28.1 Å². The Morgan fingerprint density at radius 3 is 2.53 bits per heavy atom. The highest BCUT2D eigenvalue weighted by Gasteiger charge is 2.11. The van der Waals surface area contributed by atoms with Crippen LogP contribution in [0.3, 0.4) is 0 Å². The Hall–Kier alpha value is -0.420. The average molecular weight is 274 g/mol. The Balaban J connectivity index is 2.64. The van der Waals surface area contributed by atoms with Gasteiger partial charge in [0.25, 0.3) is 0 Å². The molecular weight excluding hydrogens is 258 g/mol. The lowest BCUT2D eigenvalue weighted by molar-refractivity contribution is 0.163. The molecule has 3 N–H and O–H groups in total. The maximum Gasteiger partial charge on any atom is 0.0607 e. The van der Waals surface area contributed by atoms with Gasteiger partial charge >= 0.3 is 0 Å². The Morgan fingerprint density at radius 1 is 1.33 bits per heavy atom. The van der Waals surface area contributed by atoms with E-state index in [1.807, 2.05) is 31.2 Å². The Bertz CT molecular complexity index is 302. The lowest BCUT2D eigenvalue weighted by Gasteiger charge is -2.20. The molecule has 1 rings (SSSR count). The van der Waals surface area contributed by atoms with Crippen molar-refractivity contribution in [3.63, 3.8) is 0 Å². The van der Waals surface area contributed by atoms with E-state index in [0.29, 0.717) is 0 Å². The maximum absolute atomic E-state index is 8.94. The predicted molar refractivity (Wildman–Crippen MR) is 63.7 cm³/mol. The fourth-order valence-corrected chi connectivity index (χ4v) is 1.81. The van der Waals surface area contributed by atoms with Gasteiger partial charge in [0.05, 0.1) is 19.3 Å². The number of nitrogens with one attached hydrogen (secondary N) is 1. The summed E-state index contributed by atoms with van der Waals surface area (Å²) in [6, 6.07) is 7.79. The van der Waals surface area contributed by atoms with E-state index in [1.54, 1.807) is 0 Å². The zero-order valence-electron chi connectivity index (χ0n) is 8.65. The molecule has 0 saturated heterocycles. The molecule has 1 aromatic carbocycles. The van der Waals surface area contributed by atoms with Gasteiger partial charge < -0.3 is 15.5 Å². The first kappa shape index (κ1) is 12.6. The fraction of sp³-hybridized carbons (Fsp3) is 0.455. The highest BCUT2D eigenvalue weighted by molar-refractivity contribution is 9.10. The molecule has 15 heavy (non-hydrogen) atoms. The number of hydrogen-bond acceptors (Lipinski definition) is 3. The second-order valence-electron chi connectivity index (χ2n) is 3.51. The summed E-state index contributed by atoms with van der Waals surface area (Å²) in [5.41, 5.74) is 1.12. The highest BCUT2D eigenvalue weighted by Crippen LogP contribution is 2.18. The molecule has 0 bridgehead atoms. The van der Waals surface area contributed by atoms with Crippen molar-refractivity contribution in [2.24, 2.45) is 0 Å². The molecule has 1 atom stereocenters. The summed E-state index contributed by atoms with van der Waals surface area (Å²) < 4.78 is 1.03. The molecule has 0 fully saturated rings. The van der Waals surface area contributed by atoms with Gasteiger partial charge in [0.15, 0.2) is 0 Å². The lowest BCUT2D eigenvalue weighted by atomic mass is 10.1. The van der Waals surface area contributed by atoms with Crippen LogP contribution in [0.5, 0.6) is 0 Å². The van der Waals surface area contributed by atoms with Crippen LogP contribution in [0.4, 0.5) is 0 Å². The van der Waals surface area contributed by atoms with Gasteiger partial charge in [-0.25, -0.2) is 0 Å². The summed E-state index contributed by atoms with van der Waals surface area (Å²) in [5, 5.41) is 21.0. The largest absolute Gasteiger partial charge is 0.395 e. The molecule has 0 aromatic heterocycles. The molecule has 0 radical (unpaired) electrons. The molecule has 0 aliphatic rings. The quantitative estimate of drug-likeness (QED) is 0.761. The molecule has 0 spiro atoms. The van der Waals surface area contributed by atoms with Crippen LogP contribution >= 0.6 is 15.9 Å². The summed E-state index contributed by atoms with van der Waals surface area (Å²) in [6.07, 6.45) is 0. The van der Waals surface area contributed by atoms with Crippen molar-refractivity contribution >= 4 is 15.9 Å². The third-order valence-corrected chi connectivity index (χ3v) is 2.77. The van der Waals surface area contributed by atoms with Crippen LogP contribution in [0.2, 0.25) is 0 Å². The molecule has 0 heterocycles. The third kappa shape index (κ3) is 3.91. The van der Waals surface area contributed by atoms with Crippen LogP contribution in [-0.4, -0.2) is 29.5 Å². The van der Waals surface area contributed by atoms with E-state index < -0.39 is 0 Å². The van der Waals surface area contributed by atoms with Gasteiger partial charge in [-0.05, 0) is 24.6 Å². The minimum absolute atomic E-state index is 0.0607. The first-order valence-electron chi connectivity index (χ1n) is 4.90. The third-order valence-electron chi connectivity index (χ3n) is 2.28. The molecule has 4 heteroatoms. The van der Waals surface area contributed by atoms with Crippen molar-refractivity contribution in [1.82, 2.24) is 5.32 Å². The lowest BCUT2D eigenvalue weighted by Crippen LogP contribution is -2.37. The van der Waals surface area contributed by atoms with Gasteiger partial charge in [0, 0.05) is 10.5 Å². The van der Waals surface area contributed by atoms with Crippen LogP contribution in [0.25, 0.3) is 0 Å². The molecule has 1 aromatic rings. The maximum atomic E-state index is 8.94. The Morgan fingerprint density at radius 2 is 2.00 bits per heavy atom. The van der Waals surface area contributed by atoms with Crippen LogP contribution in [-0.2, 0) is 0 Å². The minimum atomic E-state index is -0.265. The smallest absolute Gasteiger partial charge is 0.0607 e. The van der Waals surface area contributed by atoms with E-state index in [0.717, 1.165) is 10.0 Å². The normalized spacial score (nSPS) is 13.1. The van der Waals surface area contributed by atoms with Crippen molar-refractivity contribution in [2.75, 3.05) is 13.2 Å². The second kappa shape index (κ2) is 6.23. The standard InChI is InChI=1S/C11H16BrNO2/c1-8(13-11(6-14)7-15)9-3-2-4-10(12)5-9/h2-5,8,11,13-15H,6-7H2,1H3/t8-/m0/s1. The van der Waals surface area contributed by atoms with Crippen molar-refractivity contribution in [3.8, 4) is 0 Å². The van der Waals surface area contributed by atoms with Gasteiger partial charge in [-0.2, -0.15) is 0 Å². The minimum Gasteiger partial charge on any atom is -0.395 e. The Labute approximate surface area is 98.3 Å². The topological polar surface area (TPSA) is 52.5 Å². The fourth-order valence-electron chi connectivity index (χ4n) is 1.39. The van der Waals surface area contributed by atoms with E-state index in [4.69, 9.17) is 10.2 Å². The van der Waals surface area contributed by atoms with Crippen LogP contribution < -0.4 is 5.32 Å². The first-order chi connectivity index (χ1) is 7.17. The van der Waals surface area contributed by atoms with E-state index in [2.05, 4.69) is 21.2 Å². The molecule has 0 aliphatic heterocycles. The zero-order chi connectivity index (χ0) is 11.3. The van der Waals surface area contributed by atoms with Crippen molar-refractivity contribution in [1.29, 1.82) is 0 Å². The predicted octanol–water partition coefficient (Wildman–Crippen LogP) is 1.45. The second-order valence-corrected chi connectivity index (χ2v) is 4.42. The van der Waals surface area contributed by atoms with Crippen molar-refractivity contribution in [2.45, 2.75) is 19.0 Å². The molecule has 84 valence electrons. The highest BCUT2D eigenvalue weighted by atomic mass is 79.9.